The number of thiazole rings is 1. The molecule has 0 aliphatic rings. The second kappa shape index (κ2) is 6.32. The first-order valence-electron chi connectivity index (χ1n) is 6.06. The number of benzene rings is 1. The van der Waals surface area contributed by atoms with Gasteiger partial charge < -0.3 is 5.32 Å². The highest BCUT2D eigenvalue weighted by molar-refractivity contribution is 7.15. The van der Waals surface area contributed by atoms with Gasteiger partial charge in [0.15, 0.2) is 0 Å². The van der Waals surface area contributed by atoms with Crippen molar-refractivity contribution in [2.24, 2.45) is 5.92 Å². The van der Waals surface area contributed by atoms with Crippen LogP contribution in [0.25, 0.3) is 10.6 Å². The molecule has 0 spiro atoms. The van der Waals surface area contributed by atoms with Crippen LogP contribution >= 0.6 is 22.9 Å². The SMILES string of the molecule is CC(C)CNCc1cnc(-c2cccc(Cl)c2)s1. The topological polar surface area (TPSA) is 24.9 Å². The number of aromatic nitrogens is 1. The molecule has 96 valence electrons. The third kappa shape index (κ3) is 3.80. The summed E-state index contributed by atoms with van der Waals surface area (Å²) in [6, 6.07) is 7.82. The number of halogens is 1. The zero-order valence-electron chi connectivity index (χ0n) is 10.6. The number of nitrogens with one attached hydrogen (secondary N) is 1. The lowest BCUT2D eigenvalue weighted by molar-refractivity contribution is 0.554. The van der Waals surface area contributed by atoms with Crippen LogP contribution in [0, 0.1) is 5.92 Å². The van der Waals surface area contributed by atoms with Crippen molar-refractivity contribution in [3.63, 3.8) is 0 Å². The molecule has 2 rings (SSSR count). The Hall–Kier alpha value is -0.900. The molecule has 18 heavy (non-hydrogen) atoms. The van der Waals surface area contributed by atoms with Crippen LogP contribution in [0.1, 0.15) is 18.7 Å². The summed E-state index contributed by atoms with van der Waals surface area (Å²) in [5.74, 6) is 0.672. The van der Waals surface area contributed by atoms with Crippen LogP contribution in [0.5, 0.6) is 0 Å². The second-order valence-corrected chi connectivity index (χ2v) is 6.22. The maximum atomic E-state index is 5.98. The van der Waals surface area contributed by atoms with E-state index in [1.807, 2.05) is 30.5 Å². The number of hydrogen-bond donors (Lipinski definition) is 1. The Labute approximate surface area is 117 Å². The lowest BCUT2D eigenvalue weighted by atomic mass is 10.2. The van der Waals surface area contributed by atoms with E-state index in [2.05, 4.69) is 24.1 Å². The van der Waals surface area contributed by atoms with Crippen molar-refractivity contribution in [1.29, 1.82) is 0 Å². The summed E-state index contributed by atoms with van der Waals surface area (Å²) in [5, 5.41) is 5.20. The highest BCUT2D eigenvalue weighted by Crippen LogP contribution is 2.26. The Morgan fingerprint density at radius 2 is 2.22 bits per heavy atom. The smallest absolute Gasteiger partial charge is 0.123 e. The molecule has 1 heterocycles. The predicted octanol–water partition coefficient (Wildman–Crippen LogP) is 4.21. The fraction of sp³-hybridized carbons (Fsp3) is 0.357. The number of rotatable bonds is 5. The lowest BCUT2D eigenvalue weighted by Crippen LogP contribution is -2.18. The van der Waals surface area contributed by atoms with Crippen molar-refractivity contribution < 1.29 is 0 Å². The fourth-order valence-electron chi connectivity index (χ4n) is 1.63. The third-order valence-corrected chi connectivity index (χ3v) is 3.76. The van der Waals surface area contributed by atoms with E-state index >= 15 is 0 Å². The first kappa shape index (κ1) is 13.5. The van der Waals surface area contributed by atoms with Gasteiger partial charge in [0.05, 0.1) is 0 Å². The maximum absolute atomic E-state index is 5.98. The van der Waals surface area contributed by atoms with Crippen LogP contribution in [0.3, 0.4) is 0 Å². The second-order valence-electron chi connectivity index (χ2n) is 4.67. The van der Waals surface area contributed by atoms with Gasteiger partial charge >= 0.3 is 0 Å². The summed E-state index contributed by atoms with van der Waals surface area (Å²) < 4.78 is 0. The Morgan fingerprint density at radius 3 is 2.94 bits per heavy atom. The molecule has 2 aromatic rings. The summed E-state index contributed by atoms with van der Waals surface area (Å²) in [6.07, 6.45) is 1.94. The molecule has 4 heteroatoms. The van der Waals surface area contributed by atoms with Crippen LogP contribution < -0.4 is 5.32 Å². The van der Waals surface area contributed by atoms with Crippen LogP contribution in [0.4, 0.5) is 0 Å². The van der Waals surface area contributed by atoms with Crippen molar-refractivity contribution in [2.45, 2.75) is 20.4 Å². The average Bonchev–Trinajstić information content (AvgIpc) is 2.77. The minimum absolute atomic E-state index is 0.672. The Morgan fingerprint density at radius 1 is 1.39 bits per heavy atom. The Bertz CT molecular complexity index is 508. The molecular formula is C14H17ClN2S. The molecular weight excluding hydrogens is 264 g/mol. The molecule has 0 bridgehead atoms. The standard InChI is InChI=1S/C14H17ClN2S/c1-10(2)7-16-8-13-9-17-14(18-13)11-4-3-5-12(15)6-11/h3-6,9-10,16H,7-8H2,1-2H3. The Balaban J connectivity index is 2.02. The summed E-state index contributed by atoms with van der Waals surface area (Å²) in [6.45, 7) is 6.33. The van der Waals surface area contributed by atoms with Crippen LogP contribution in [0.15, 0.2) is 30.5 Å². The van der Waals surface area contributed by atoms with Crippen molar-refractivity contribution in [3.05, 3.63) is 40.4 Å². The first-order chi connectivity index (χ1) is 8.65. The first-order valence-corrected chi connectivity index (χ1v) is 7.26. The van der Waals surface area contributed by atoms with E-state index in [1.165, 1.54) is 4.88 Å². The molecule has 1 aromatic carbocycles. The monoisotopic (exact) mass is 280 g/mol. The van der Waals surface area contributed by atoms with E-state index in [0.29, 0.717) is 5.92 Å². The molecule has 0 amide bonds. The molecule has 0 atom stereocenters. The van der Waals surface area contributed by atoms with E-state index < -0.39 is 0 Å². The van der Waals surface area contributed by atoms with E-state index in [0.717, 1.165) is 28.7 Å². The molecule has 1 aromatic heterocycles. The largest absolute Gasteiger partial charge is 0.312 e. The molecule has 0 aliphatic heterocycles. The van der Waals surface area contributed by atoms with Gasteiger partial charge in [-0.05, 0) is 24.6 Å². The minimum Gasteiger partial charge on any atom is -0.312 e. The van der Waals surface area contributed by atoms with Gasteiger partial charge in [0.25, 0.3) is 0 Å². The van der Waals surface area contributed by atoms with Gasteiger partial charge in [-0.2, -0.15) is 0 Å². The van der Waals surface area contributed by atoms with E-state index in [4.69, 9.17) is 11.6 Å². The van der Waals surface area contributed by atoms with Crippen molar-refractivity contribution in [3.8, 4) is 10.6 Å². The van der Waals surface area contributed by atoms with Gasteiger partial charge in [0.2, 0.25) is 0 Å². The summed E-state index contributed by atoms with van der Waals surface area (Å²) in [7, 11) is 0. The van der Waals surface area contributed by atoms with E-state index in [1.54, 1.807) is 11.3 Å². The quantitative estimate of drug-likeness (QED) is 0.887. The molecule has 0 fully saturated rings. The molecule has 1 N–H and O–H groups in total. The van der Waals surface area contributed by atoms with Crippen molar-refractivity contribution >= 4 is 22.9 Å². The number of nitrogens with zero attached hydrogens (tertiary/aromatic N) is 1. The van der Waals surface area contributed by atoms with Gasteiger partial charge in [-0.3, -0.25) is 0 Å². The molecule has 0 aliphatic carbocycles. The van der Waals surface area contributed by atoms with Crippen LogP contribution in [0.2, 0.25) is 5.02 Å². The summed E-state index contributed by atoms with van der Waals surface area (Å²) in [5.41, 5.74) is 1.09. The third-order valence-electron chi connectivity index (χ3n) is 2.48. The highest BCUT2D eigenvalue weighted by Gasteiger charge is 2.05. The number of hydrogen-bond acceptors (Lipinski definition) is 3. The molecule has 2 nitrogen and oxygen atoms in total. The van der Waals surface area contributed by atoms with Gasteiger partial charge in [-0.1, -0.05) is 37.6 Å². The molecule has 0 unspecified atom stereocenters. The molecule has 0 saturated heterocycles. The van der Waals surface area contributed by atoms with E-state index in [9.17, 15) is 0 Å². The van der Waals surface area contributed by atoms with Crippen LogP contribution in [-0.4, -0.2) is 11.5 Å². The summed E-state index contributed by atoms with van der Waals surface area (Å²) >= 11 is 7.70. The highest BCUT2D eigenvalue weighted by atomic mass is 35.5. The normalized spacial score (nSPS) is 11.1. The Kier molecular flexibility index (Phi) is 4.75. The van der Waals surface area contributed by atoms with Gasteiger partial charge in [-0.15, -0.1) is 11.3 Å². The summed E-state index contributed by atoms with van der Waals surface area (Å²) in [4.78, 5) is 5.70. The van der Waals surface area contributed by atoms with E-state index in [-0.39, 0.29) is 0 Å². The molecule has 0 radical (unpaired) electrons. The molecule has 0 saturated carbocycles. The minimum atomic E-state index is 0.672. The lowest BCUT2D eigenvalue weighted by Gasteiger charge is -2.04. The van der Waals surface area contributed by atoms with Gasteiger partial charge in [-0.25, -0.2) is 4.98 Å². The van der Waals surface area contributed by atoms with Crippen LogP contribution in [-0.2, 0) is 6.54 Å². The van der Waals surface area contributed by atoms with Gasteiger partial charge in [0.1, 0.15) is 5.01 Å². The maximum Gasteiger partial charge on any atom is 0.123 e. The average molecular weight is 281 g/mol. The fourth-order valence-corrected chi connectivity index (χ4v) is 2.70. The van der Waals surface area contributed by atoms with Crippen molar-refractivity contribution in [2.75, 3.05) is 6.54 Å². The van der Waals surface area contributed by atoms with Gasteiger partial charge in [0, 0.05) is 28.2 Å². The zero-order chi connectivity index (χ0) is 13.0. The zero-order valence-corrected chi connectivity index (χ0v) is 12.2. The van der Waals surface area contributed by atoms with Crippen molar-refractivity contribution in [1.82, 2.24) is 10.3 Å². The predicted molar refractivity (Wildman–Crippen MR) is 79.1 cm³/mol.